The van der Waals surface area contributed by atoms with E-state index < -0.39 is 0 Å². The van der Waals surface area contributed by atoms with Crippen molar-refractivity contribution < 1.29 is 5.11 Å². The minimum absolute atomic E-state index is 0.326. The van der Waals surface area contributed by atoms with Crippen LogP contribution in [0.5, 0.6) is 0 Å². The van der Waals surface area contributed by atoms with Crippen LogP contribution in [0.1, 0.15) is 37.2 Å². The Morgan fingerprint density at radius 3 is 2.73 bits per heavy atom. The van der Waals surface area contributed by atoms with Crippen molar-refractivity contribution in [2.45, 2.75) is 31.6 Å². The van der Waals surface area contributed by atoms with E-state index in [4.69, 9.17) is 0 Å². The minimum Gasteiger partial charge on any atom is -0.396 e. The quantitative estimate of drug-likeness (QED) is 0.694. The van der Waals surface area contributed by atoms with Gasteiger partial charge in [-0.2, -0.15) is 5.10 Å². The van der Waals surface area contributed by atoms with Gasteiger partial charge >= 0.3 is 0 Å². The number of pyridine rings is 1. The number of aromatic nitrogens is 4. The molecule has 0 amide bonds. The van der Waals surface area contributed by atoms with Crippen LogP contribution in [-0.2, 0) is 0 Å². The summed E-state index contributed by atoms with van der Waals surface area (Å²) in [7, 11) is 0. The van der Waals surface area contributed by atoms with Crippen molar-refractivity contribution in [2.75, 3.05) is 6.61 Å². The van der Waals surface area contributed by atoms with E-state index >= 15 is 0 Å². The van der Waals surface area contributed by atoms with Gasteiger partial charge in [-0.05, 0) is 49.1 Å². The third kappa shape index (κ3) is 2.31. The minimum atomic E-state index is 0.326. The molecule has 3 heterocycles. The number of nitrogens with one attached hydrogen (secondary N) is 2. The van der Waals surface area contributed by atoms with E-state index in [1.54, 1.807) is 0 Å². The molecule has 1 aliphatic carbocycles. The van der Waals surface area contributed by atoms with Gasteiger partial charge in [0.05, 0.1) is 6.20 Å². The maximum absolute atomic E-state index is 9.28. The molecule has 0 aliphatic heterocycles. The Kier molecular flexibility index (Phi) is 3.42. The largest absolute Gasteiger partial charge is 0.396 e. The summed E-state index contributed by atoms with van der Waals surface area (Å²) in [6, 6.07) is 2.27. The van der Waals surface area contributed by atoms with Crippen molar-refractivity contribution in [3.05, 3.63) is 36.4 Å². The number of H-pyrrole nitrogens is 2. The van der Waals surface area contributed by atoms with E-state index in [1.165, 1.54) is 5.56 Å². The van der Waals surface area contributed by atoms with Crippen LogP contribution in [0.25, 0.3) is 22.2 Å². The van der Waals surface area contributed by atoms with Gasteiger partial charge in [0.25, 0.3) is 0 Å². The summed E-state index contributed by atoms with van der Waals surface area (Å²) >= 11 is 0. The number of aromatic amines is 2. The number of hydrogen-bond acceptors (Lipinski definition) is 3. The van der Waals surface area contributed by atoms with Gasteiger partial charge in [0, 0.05) is 41.7 Å². The monoisotopic (exact) mass is 296 g/mol. The molecule has 0 aromatic carbocycles. The number of fused-ring (bicyclic) bond motifs is 1. The normalized spacial score (nSPS) is 22.2. The molecule has 1 saturated carbocycles. The topological polar surface area (TPSA) is 77.6 Å². The number of rotatable bonds is 3. The second kappa shape index (κ2) is 5.57. The number of hydrogen-bond donors (Lipinski definition) is 3. The van der Waals surface area contributed by atoms with E-state index in [9.17, 15) is 5.11 Å². The first kappa shape index (κ1) is 13.5. The molecule has 0 unspecified atom stereocenters. The van der Waals surface area contributed by atoms with Crippen LogP contribution in [0.4, 0.5) is 0 Å². The Hall–Kier alpha value is -2.14. The molecule has 0 radical (unpaired) electrons. The molecule has 3 aromatic heterocycles. The zero-order chi connectivity index (χ0) is 14.9. The van der Waals surface area contributed by atoms with Gasteiger partial charge in [-0.15, -0.1) is 0 Å². The zero-order valence-corrected chi connectivity index (χ0v) is 12.4. The molecule has 22 heavy (non-hydrogen) atoms. The fourth-order valence-corrected chi connectivity index (χ4v) is 3.56. The van der Waals surface area contributed by atoms with E-state index in [-0.39, 0.29) is 0 Å². The van der Waals surface area contributed by atoms with Gasteiger partial charge in [-0.25, -0.2) is 4.98 Å². The Morgan fingerprint density at radius 1 is 1.14 bits per heavy atom. The SMILES string of the molecule is OCC1CCC(c2cnc3[nH]cc(-c4cn[nH]c4)c3c2)CC1. The molecule has 1 fully saturated rings. The van der Waals surface area contributed by atoms with Gasteiger partial charge in [0.15, 0.2) is 0 Å². The molecule has 0 atom stereocenters. The summed E-state index contributed by atoms with van der Waals surface area (Å²) in [4.78, 5) is 7.83. The van der Waals surface area contributed by atoms with Crippen molar-refractivity contribution in [3.8, 4) is 11.1 Å². The molecule has 1 aliphatic rings. The van der Waals surface area contributed by atoms with E-state index in [0.717, 1.165) is 47.8 Å². The van der Waals surface area contributed by atoms with Crippen molar-refractivity contribution in [1.82, 2.24) is 20.2 Å². The predicted molar refractivity (Wildman–Crippen MR) is 85.5 cm³/mol. The zero-order valence-electron chi connectivity index (χ0n) is 12.4. The van der Waals surface area contributed by atoms with Gasteiger partial charge in [-0.1, -0.05) is 0 Å². The molecule has 3 aromatic rings. The first-order valence-electron chi connectivity index (χ1n) is 7.92. The van der Waals surface area contributed by atoms with Crippen molar-refractivity contribution in [1.29, 1.82) is 0 Å². The molecule has 0 bridgehead atoms. The van der Waals surface area contributed by atoms with Crippen LogP contribution in [0.15, 0.2) is 30.9 Å². The van der Waals surface area contributed by atoms with E-state index in [0.29, 0.717) is 18.4 Å². The molecule has 114 valence electrons. The summed E-state index contributed by atoms with van der Waals surface area (Å²) in [5, 5.41) is 17.3. The highest BCUT2D eigenvalue weighted by atomic mass is 16.3. The summed E-state index contributed by atoms with van der Waals surface area (Å²) in [5.41, 5.74) is 4.45. The average molecular weight is 296 g/mol. The Balaban J connectivity index is 1.67. The Morgan fingerprint density at radius 2 is 2.00 bits per heavy atom. The first-order valence-corrected chi connectivity index (χ1v) is 7.92. The lowest BCUT2D eigenvalue weighted by Crippen LogP contribution is -2.16. The summed E-state index contributed by atoms with van der Waals surface area (Å²) in [6.07, 6.45) is 12.2. The third-order valence-corrected chi connectivity index (χ3v) is 4.94. The molecule has 5 heteroatoms. The molecule has 4 rings (SSSR count). The van der Waals surface area contributed by atoms with E-state index in [2.05, 4.69) is 26.2 Å². The van der Waals surface area contributed by atoms with Gasteiger partial charge in [-0.3, -0.25) is 5.10 Å². The summed E-state index contributed by atoms with van der Waals surface area (Å²) in [5.74, 6) is 1.05. The van der Waals surface area contributed by atoms with Crippen LogP contribution in [0.3, 0.4) is 0 Å². The highest BCUT2D eigenvalue weighted by Gasteiger charge is 2.22. The van der Waals surface area contributed by atoms with Gasteiger partial charge in [0.1, 0.15) is 5.65 Å². The molecule has 3 N–H and O–H groups in total. The smallest absolute Gasteiger partial charge is 0.137 e. The number of aliphatic hydroxyl groups is 1. The van der Waals surface area contributed by atoms with Crippen LogP contribution in [0, 0.1) is 5.92 Å². The lowest BCUT2D eigenvalue weighted by molar-refractivity contribution is 0.182. The summed E-state index contributed by atoms with van der Waals surface area (Å²) < 4.78 is 0. The molecular weight excluding hydrogens is 276 g/mol. The standard InChI is InChI=1S/C17H20N4O/c22-10-11-1-3-12(4-2-11)13-5-15-16(14-7-20-21-8-14)9-19-17(15)18-6-13/h5-9,11-12,22H,1-4,10H2,(H,18,19)(H,20,21). The molecule has 5 nitrogen and oxygen atoms in total. The summed E-state index contributed by atoms with van der Waals surface area (Å²) in [6.45, 7) is 0.326. The fraction of sp³-hybridized carbons (Fsp3) is 0.412. The van der Waals surface area contributed by atoms with Crippen LogP contribution in [-0.4, -0.2) is 31.9 Å². The van der Waals surface area contributed by atoms with Crippen LogP contribution < -0.4 is 0 Å². The highest BCUT2D eigenvalue weighted by molar-refractivity contribution is 5.93. The maximum atomic E-state index is 9.28. The predicted octanol–water partition coefficient (Wildman–Crippen LogP) is 3.22. The molecule has 0 spiro atoms. The lowest BCUT2D eigenvalue weighted by Gasteiger charge is -2.27. The van der Waals surface area contributed by atoms with E-state index in [1.807, 2.05) is 24.8 Å². The maximum Gasteiger partial charge on any atom is 0.137 e. The average Bonchev–Trinajstić information content (AvgIpc) is 3.23. The van der Waals surface area contributed by atoms with Crippen LogP contribution in [0.2, 0.25) is 0 Å². The lowest BCUT2D eigenvalue weighted by atomic mass is 9.79. The molecular formula is C17H20N4O. The third-order valence-electron chi connectivity index (χ3n) is 4.94. The fourth-order valence-electron chi connectivity index (χ4n) is 3.56. The van der Waals surface area contributed by atoms with Gasteiger partial charge < -0.3 is 10.1 Å². The number of aliphatic hydroxyl groups excluding tert-OH is 1. The number of nitrogens with zero attached hydrogens (tertiary/aromatic N) is 2. The van der Waals surface area contributed by atoms with Gasteiger partial charge in [0.2, 0.25) is 0 Å². The first-order chi connectivity index (χ1) is 10.8. The second-order valence-corrected chi connectivity index (χ2v) is 6.25. The molecule has 0 saturated heterocycles. The van der Waals surface area contributed by atoms with Crippen LogP contribution >= 0.6 is 0 Å². The second-order valence-electron chi connectivity index (χ2n) is 6.25. The van der Waals surface area contributed by atoms with Crippen molar-refractivity contribution >= 4 is 11.0 Å². The van der Waals surface area contributed by atoms with Crippen molar-refractivity contribution in [3.63, 3.8) is 0 Å². The Labute approximate surface area is 128 Å². The van der Waals surface area contributed by atoms with Crippen molar-refractivity contribution in [2.24, 2.45) is 5.92 Å². The highest BCUT2D eigenvalue weighted by Crippen LogP contribution is 2.37. The Bertz CT molecular complexity index is 754.